The van der Waals surface area contributed by atoms with Crippen molar-refractivity contribution in [2.45, 2.75) is 20.0 Å². The lowest BCUT2D eigenvalue weighted by molar-refractivity contribution is 0.0342. The lowest BCUT2D eigenvalue weighted by Crippen LogP contribution is -2.35. The number of benzene rings is 1. The van der Waals surface area contributed by atoms with Gasteiger partial charge in [0.1, 0.15) is 0 Å². The summed E-state index contributed by atoms with van der Waals surface area (Å²) in [6, 6.07) is 9.70. The molecule has 0 aliphatic carbocycles. The summed E-state index contributed by atoms with van der Waals surface area (Å²) in [5.41, 5.74) is 2.42. The summed E-state index contributed by atoms with van der Waals surface area (Å²) in [6.07, 6.45) is 1.81. The Morgan fingerprint density at radius 3 is 2.87 bits per heavy atom. The van der Waals surface area contributed by atoms with Crippen LogP contribution in [0.4, 0.5) is 5.69 Å². The van der Waals surface area contributed by atoms with Crippen molar-refractivity contribution in [3.63, 3.8) is 0 Å². The zero-order valence-corrected chi connectivity index (χ0v) is 13.4. The van der Waals surface area contributed by atoms with Gasteiger partial charge in [-0.05, 0) is 30.7 Å². The minimum Gasteiger partial charge on any atom is -0.379 e. The third-order valence-electron chi connectivity index (χ3n) is 3.89. The number of carbonyl (C=O) groups excluding carboxylic acids is 1. The molecule has 0 atom stereocenters. The SMILES string of the molecule is CCn1ccc(C(=O)Nc2cccc(CN3CCOCC3)c2)n1. The molecule has 6 heteroatoms. The van der Waals surface area contributed by atoms with Gasteiger partial charge in [-0.3, -0.25) is 14.4 Å². The van der Waals surface area contributed by atoms with E-state index in [1.54, 1.807) is 10.7 Å². The van der Waals surface area contributed by atoms with Crippen molar-refractivity contribution in [2.75, 3.05) is 31.6 Å². The molecule has 1 N–H and O–H groups in total. The van der Waals surface area contributed by atoms with Crippen LogP contribution < -0.4 is 5.32 Å². The first-order valence-corrected chi connectivity index (χ1v) is 7.98. The molecule has 0 saturated carbocycles. The van der Waals surface area contributed by atoms with Crippen LogP contribution in [0, 0.1) is 0 Å². The predicted octanol–water partition coefficient (Wildman–Crippen LogP) is 1.99. The topological polar surface area (TPSA) is 59.4 Å². The van der Waals surface area contributed by atoms with Gasteiger partial charge in [0.25, 0.3) is 5.91 Å². The van der Waals surface area contributed by atoms with E-state index in [0.29, 0.717) is 5.69 Å². The quantitative estimate of drug-likeness (QED) is 0.917. The molecule has 0 bridgehead atoms. The third-order valence-corrected chi connectivity index (χ3v) is 3.89. The second-order valence-corrected chi connectivity index (χ2v) is 5.60. The van der Waals surface area contributed by atoms with Gasteiger partial charge < -0.3 is 10.1 Å². The van der Waals surface area contributed by atoms with Gasteiger partial charge in [0, 0.05) is 38.1 Å². The molecule has 1 amide bonds. The predicted molar refractivity (Wildman–Crippen MR) is 88.4 cm³/mol. The maximum absolute atomic E-state index is 12.2. The van der Waals surface area contributed by atoms with Crippen LogP contribution in [0.1, 0.15) is 23.0 Å². The van der Waals surface area contributed by atoms with Crippen molar-refractivity contribution in [2.24, 2.45) is 0 Å². The first-order valence-electron chi connectivity index (χ1n) is 7.98. The molecule has 3 rings (SSSR count). The molecule has 1 aromatic heterocycles. The molecule has 23 heavy (non-hydrogen) atoms. The van der Waals surface area contributed by atoms with Gasteiger partial charge in [0.05, 0.1) is 13.2 Å². The number of amides is 1. The highest BCUT2D eigenvalue weighted by Gasteiger charge is 2.12. The zero-order chi connectivity index (χ0) is 16.1. The number of aromatic nitrogens is 2. The number of morpholine rings is 1. The fourth-order valence-electron chi connectivity index (χ4n) is 2.62. The van der Waals surface area contributed by atoms with Crippen molar-refractivity contribution < 1.29 is 9.53 Å². The van der Waals surface area contributed by atoms with Gasteiger partial charge in [0.2, 0.25) is 0 Å². The maximum Gasteiger partial charge on any atom is 0.276 e. The van der Waals surface area contributed by atoms with Crippen LogP contribution in [-0.2, 0) is 17.8 Å². The van der Waals surface area contributed by atoms with Gasteiger partial charge >= 0.3 is 0 Å². The molecular weight excluding hydrogens is 292 g/mol. The molecule has 0 unspecified atom stereocenters. The minimum atomic E-state index is -0.180. The van der Waals surface area contributed by atoms with Crippen molar-refractivity contribution in [1.29, 1.82) is 0 Å². The normalized spacial score (nSPS) is 15.5. The molecule has 1 aliphatic rings. The Bertz CT molecular complexity index is 662. The van der Waals surface area contributed by atoms with Crippen molar-refractivity contribution in [1.82, 2.24) is 14.7 Å². The summed E-state index contributed by atoms with van der Waals surface area (Å²) < 4.78 is 7.11. The van der Waals surface area contributed by atoms with Gasteiger partial charge in [-0.1, -0.05) is 12.1 Å². The highest BCUT2D eigenvalue weighted by atomic mass is 16.5. The Labute approximate surface area is 136 Å². The minimum absolute atomic E-state index is 0.180. The van der Waals surface area contributed by atoms with Crippen LogP contribution in [0.15, 0.2) is 36.5 Å². The number of nitrogens with zero attached hydrogens (tertiary/aromatic N) is 3. The highest BCUT2D eigenvalue weighted by molar-refractivity contribution is 6.02. The van der Waals surface area contributed by atoms with Crippen molar-refractivity contribution in [3.8, 4) is 0 Å². The van der Waals surface area contributed by atoms with E-state index in [4.69, 9.17) is 4.74 Å². The van der Waals surface area contributed by atoms with Crippen molar-refractivity contribution in [3.05, 3.63) is 47.8 Å². The summed E-state index contributed by atoms with van der Waals surface area (Å²) in [5, 5.41) is 7.14. The average Bonchev–Trinajstić information content (AvgIpc) is 3.05. The fourth-order valence-corrected chi connectivity index (χ4v) is 2.62. The molecule has 2 heterocycles. The summed E-state index contributed by atoms with van der Waals surface area (Å²) in [5.74, 6) is -0.180. The van der Waals surface area contributed by atoms with Gasteiger partial charge in [-0.25, -0.2) is 0 Å². The Morgan fingerprint density at radius 2 is 2.13 bits per heavy atom. The molecule has 1 aromatic carbocycles. The number of nitrogens with one attached hydrogen (secondary N) is 1. The monoisotopic (exact) mass is 314 g/mol. The number of hydrogen-bond donors (Lipinski definition) is 1. The molecule has 6 nitrogen and oxygen atoms in total. The summed E-state index contributed by atoms with van der Waals surface area (Å²) in [7, 11) is 0. The molecule has 122 valence electrons. The Morgan fingerprint density at radius 1 is 1.30 bits per heavy atom. The molecular formula is C17H22N4O2. The summed E-state index contributed by atoms with van der Waals surface area (Å²) in [6.45, 7) is 7.09. The molecule has 1 fully saturated rings. The van der Waals surface area contributed by atoms with E-state index in [0.717, 1.165) is 45.1 Å². The van der Waals surface area contributed by atoms with Crippen LogP contribution in [0.5, 0.6) is 0 Å². The summed E-state index contributed by atoms with van der Waals surface area (Å²) in [4.78, 5) is 14.6. The number of rotatable bonds is 5. The van der Waals surface area contributed by atoms with E-state index in [2.05, 4.69) is 21.4 Å². The molecule has 1 aliphatic heterocycles. The standard InChI is InChI=1S/C17H22N4O2/c1-2-21-7-6-16(19-21)17(22)18-15-5-3-4-14(12-15)13-20-8-10-23-11-9-20/h3-7,12H,2,8-11,13H2,1H3,(H,18,22). The van der Waals surface area contributed by atoms with Crippen LogP contribution in [0.25, 0.3) is 0 Å². The Hall–Kier alpha value is -2.18. The van der Waals surface area contributed by atoms with E-state index in [9.17, 15) is 4.79 Å². The van der Waals surface area contributed by atoms with Crippen LogP contribution in [0.2, 0.25) is 0 Å². The molecule has 0 radical (unpaired) electrons. The number of aryl methyl sites for hydroxylation is 1. The maximum atomic E-state index is 12.2. The zero-order valence-electron chi connectivity index (χ0n) is 13.4. The third kappa shape index (κ3) is 4.18. The number of carbonyl (C=O) groups is 1. The molecule has 2 aromatic rings. The van der Waals surface area contributed by atoms with Gasteiger partial charge in [-0.15, -0.1) is 0 Å². The second-order valence-electron chi connectivity index (χ2n) is 5.60. The first-order chi connectivity index (χ1) is 11.2. The Balaban J connectivity index is 1.63. The average molecular weight is 314 g/mol. The second kappa shape index (κ2) is 7.39. The lowest BCUT2D eigenvalue weighted by Gasteiger charge is -2.26. The van der Waals surface area contributed by atoms with E-state index < -0.39 is 0 Å². The lowest BCUT2D eigenvalue weighted by atomic mass is 10.2. The van der Waals surface area contributed by atoms with Gasteiger partial charge in [0.15, 0.2) is 5.69 Å². The number of anilines is 1. The molecule has 0 spiro atoms. The highest BCUT2D eigenvalue weighted by Crippen LogP contribution is 2.14. The largest absolute Gasteiger partial charge is 0.379 e. The van der Waals surface area contributed by atoms with Crippen molar-refractivity contribution >= 4 is 11.6 Å². The number of hydrogen-bond acceptors (Lipinski definition) is 4. The van der Waals surface area contributed by atoms with E-state index in [1.807, 2.05) is 31.3 Å². The Kier molecular flexibility index (Phi) is 5.05. The summed E-state index contributed by atoms with van der Waals surface area (Å²) >= 11 is 0. The fraction of sp³-hybridized carbons (Fsp3) is 0.412. The number of ether oxygens (including phenoxy) is 1. The molecule has 1 saturated heterocycles. The van der Waals surface area contributed by atoms with Crippen LogP contribution >= 0.6 is 0 Å². The van der Waals surface area contributed by atoms with Crippen LogP contribution in [0.3, 0.4) is 0 Å². The van der Waals surface area contributed by atoms with E-state index in [1.165, 1.54) is 5.56 Å². The van der Waals surface area contributed by atoms with E-state index in [-0.39, 0.29) is 5.91 Å². The van der Waals surface area contributed by atoms with Crippen LogP contribution in [-0.4, -0.2) is 46.9 Å². The van der Waals surface area contributed by atoms with E-state index >= 15 is 0 Å². The smallest absolute Gasteiger partial charge is 0.276 e. The van der Waals surface area contributed by atoms with Gasteiger partial charge in [-0.2, -0.15) is 5.10 Å². The first kappa shape index (κ1) is 15.7.